The Bertz CT molecular complexity index is 715. The van der Waals surface area contributed by atoms with Crippen molar-refractivity contribution in [3.05, 3.63) is 35.5 Å². The number of hydrogen-bond donors (Lipinski definition) is 4. The van der Waals surface area contributed by atoms with E-state index in [1.54, 1.807) is 0 Å². The Balaban J connectivity index is 1.60. The summed E-state index contributed by atoms with van der Waals surface area (Å²) in [6.07, 6.45) is 3.77. The lowest BCUT2D eigenvalue weighted by Crippen LogP contribution is -2.43. The van der Waals surface area contributed by atoms with E-state index in [2.05, 4.69) is 58.7 Å². The molecule has 0 spiro atoms. The average molecular weight is 328 g/mol. The lowest BCUT2D eigenvalue weighted by atomic mass is 9.80. The van der Waals surface area contributed by atoms with Crippen LogP contribution in [0.2, 0.25) is 0 Å². The minimum atomic E-state index is -0.574. The van der Waals surface area contributed by atoms with E-state index in [0.717, 1.165) is 44.7 Å². The predicted molar refractivity (Wildman–Crippen MR) is 99.5 cm³/mol. The van der Waals surface area contributed by atoms with Crippen molar-refractivity contribution >= 4 is 16.9 Å². The normalized spacial score (nSPS) is 16.9. The van der Waals surface area contributed by atoms with Gasteiger partial charge in [-0.2, -0.15) is 0 Å². The van der Waals surface area contributed by atoms with Crippen LogP contribution in [0.25, 0.3) is 10.9 Å². The smallest absolute Gasteiger partial charge is 0.191 e. The number of aromatic amines is 1. The van der Waals surface area contributed by atoms with Gasteiger partial charge in [0, 0.05) is 29.7 Å². The van der Waals surface area contributed by atoms with Crippen molar-refractivity contribution in [2.24, 2.45) is 4.99 Å². The van der Waals surface area contributed by atoms with Crippen molar-refractivity contribution in [1.29, 1.82) is 0 Å². The minimum absolute atomic E-state index is 0.481. The standard InChI is InChI=1S/C19H28N4O/c1-3-20-18(22-13-19(24)10-6-11-19)21-12-9-15-14(2)23-17-8-5-4-7-16(15)17/h4-5,7-8,23-24H,3,6,9-13H2,1-2H3,(H2,20,21,22). The predicted octanol–water partition coefficient (Wildman–Crippen LogP) is 2.49. The number of guanidine groups is 1. The molecule has 4 N–H and O–H groups in total. The molecule has 2 aromatic rings. The minimum Gasteiger partial charge on any atom is -0.388 e. The van der Waals surface area contributed by atoms with Crippen LogP contribution in [0.1, 0.15) is 37.4 Å². The highest BCUT2D eigenvalue weighted by atomic mass is 16.3. The molecule has 1 heterocycles. The largest absolute Gasteiger partial charge is 0.388 e. The van der Waals surface area contributed by atoms with Crippen molar-refractivity contribution in [3.8, 4) is 0 Å². The Hall–Kier alpha value is -2.01. The summed E-state index contributed by atoms with van der Waals surface area (Å²) in [5.74, 6) is 0.787. The van der Waals surface area contributed by atoms with Gasteiger partial charge in [-0.15, -0.1) is 0 Å². The molecule has 130 valence electrons. The third kappa shape index (κ3) is 3.73. The molecule has 0 aliphatic heterocycles. The highest BCUT2D eigenvalue weighted by Gasteiger charge is 2.34. The van der Waals surface area contributed by atoms with Gasteiger partial charge in [-0.05, 0) is 51.2 Å². The topological polar surface area (TPSA) is 72.4 Å². The zero-order chi connectivity index (χ0) is 17.0. The van der Waals surface area contributed by atoms with Gasteiger partial charge >= 0.3 is 0 Å². The van der Waals surface area contributed by atoms with Crippen LogP contribution in [0, 0.1) is 6.92 Å². The molecule has 1 aliphatic carbocycles. The lowest BCUT2D eigenvalue weighted by Gasteiger charge is -2.35. The van der Waals surface area contributed by atoms with Crippen LogP contribution in [0.5, 0.6) is 0 Å². The van der Waals surface area contributed by atoms with Gasteiger partial charge in [-0.1, -0.05) is 18.2 Å². The molecule has 1 aromatic carbocycles. The Morgan fingerprint density at radius 3 is 2.79 bits per heavy atom. The van der Waals surface area contributed by atoms with Crippen LogP contribution in [0.4, 0.5) is 0 Å². The Labute approximate surface area is 143 Å². The van der Waals surface area contributed by atoms with E-state index in [-0.39, 0.29) is 0 Å². The number of hydrogen-bond acceptors (Lipinski definition) is 2. The van der Waals surface area contributed by atoms with Gasteiger partial charge in [0.2, 0.25) is 0 Å². The first kappa shape index (κ1) is 16.8. The molecule has 1 aromatic heterocycles. The molecule has 5 nitrogen and oxygen atoms in total. The van der Waals surface area contributed by atoms with Crippen molar-refractivity contribution in [3.63, 3.8) is 0 Å². The summed E-state index contributed by atoms with van der Waals surface area (Å²) in [7, 11) is 0. The molecule has 3 rings (SSSR count). The number of aliphatic imine (C=N–C) groups is 1. The monoisotopic (exact) mass is 328 g/mol. The van der Waals surface area contributed by atoms with E-state index in [1.165, 1.54) is 22.2 Å². The van der Waals surface area contributed by atoms with E-state index in [4.69, 9.17) is 0 Å². The second kappa shape index (κ2) is 7.26. The fourth-order valence-electron chi connectivity index (χ4n) is 3.27. The highest BCUT2D eigenvalue weighted by molar-refractivity contribution is 5.84. The van der Waals surface area contributed by atoms with Crippen molar-refractivity contribution in [1.82, 2.24) is 15.6 Å². The van der Waals surface area contributed by atoms with Gasteiger partial charge in [0.25, 0.3) is 0 Å². The number of H-pyrrole nitrogens is 1. The van der Waals surface area contributed by atoms with Crippen LogP contribution < -0.4 is 10.6 Å². The number of para-hydroxylation sites is 1. The van der Waals surface area contributed by atoms with Crippen molar-refractivity contribution < 1.29 is 5.11 Å². The molecule has 1 aliphatic rings. The van der Waals surface area contributed by atoms with Crippen LogP contribution in [-0.4, -0.2) is 41.3 Å². The molecule has 0 bridgehead atoms. The highest BCUT2D eigenvalue weighted by Crippen LogP contribution is 2.31. The van der Waals surface area contributed by atoms with E-state index < -0.39 is 5.60 Å². The number of aromatic nitrogens is 1. The summed E-state index contributed by atoms with van der Waals surface area (Å²) in [4.78, 5) is 7.99. The van der Waals surface area contributed by atoms with Gasteiger partial charge in [0.1, 0.15) is 0 Å². The summed E-state index contributed by atoms with van der Waals surface area (Å²) >= 11 is 0. The SMILES string of the molecule is CCNC(=NCC1(O)CCC1)NCCc1c(C)[nH]c2ccccc12. The summed E-state index contributed by atoms with van der Waals surface area (Å²) in [5, 5.41) is 18.1. The number of nitrogens with zero attached hydrogens (tertiary/aromatic N) is 1. The number of fused-ring (bicyclic) bond motifs is 1. The Morgan fingerprint density at radius 2 is 2.08 bits per heavy atom. The summed E-state index contributed by atoms with van der Waals surface area (Å²) < 4.78 is 0. The van der Waals surface area contributed by atoms with E-state index >= 15 is 0 Å². The molecule has 0 radical (unpaired) electrons. The number of aliphatic hydroxyl groups is 1. The van der Waals surface area contributed by atoms with Gasteiger partial charge in [0.15, 0.2) is 5.96 Å². The first-order chi connectivity index (χ1) is 11.6. The maximum absolute atomic E-state index is 10.2. The zero-order valence-electron chi connectivity index (χ0n) is 14.7. The first-order valence-corrected chi connectivity index (χ1v) is 8.92. The van der Waals surface area contributed by atoms with Crippen molar-refractivity contribution in [2.45, 2.75) is 45.1 Å². The van der Waals surface area contributed by atoms with Crippen molar-refractivity contribution in [2.75, 3.05) is 19.6 Å². The molecule has 0 amide bonds. The lowest BCUT2D eigenvalue weighted by molar-refractivity contribution is -0.0236. The fraction of sp³-hybridized carbons (Fsp3) is 0.526. The second-order valence-electron chi connectivity index (χ2n) is 6.72. The number of benzene rings is 1. The quantitative estimate of drug-likeness (QED) is 0.486. The summed E-state index contributed by atoms with van der Waals surface area (Å²) in [6.45, 7) is 6.29. The molecule has 0 atom stereocenters. The second-order valence-corrected chi connectivity index (χ2v) is 6.72. The van der Waals surface area contributed by atoms with E-state index in [1.807, 2.05) is 0 Å². The Morgan fingerprint density at radius 1 is 1.29 bits per heavy atom. The van der Waals surface area contributed by atoms with Crippen LogP contribution in [0.3, 0.4) is 0 Å². The first-order valence-electron chi connectivity index (χ1n) is 8.92. The maximum Gasteiger partial charge on any atom is 0.191 e. The van der Waals surface area contributed by atoms with E-state index in [0.29, 0.717) is 6.54 Å². The molecule has 24 heavy (non-hydrogen) atoms. The van der Waals surface area contributed by atoms with Gasteiger partial charge in [-0.25, -0.2) is 0 Å². The van der Waals surface area contributed by atoms with Crippen LogP contribution in [0.15, 0.2) is 29.3 Å². The van der Waals surface area contributed by atoms with Gasteiger partial charge in [0.05, 0.1) is 12.1 Å². The third-order valence-corrected chi connectivity index (χ3v) is 4.85. The number of rotatable bonds is 6. The van der Waals surface area contributed by atoms with Gasteiger partial charge in [-0.3, -0.25) is 4.99 Å². The fourth-order valence-corrected chi connectivity index (χ4v) is 3.27. The Kier molecular flexibility index (Phi) is 5.09. The maximum atomic E-state index is 10.2. The molecular formula is C19H28N4O. The molecule has 0 unspecified atom stereocenters. The molecule has 5 heteroatoms. The van der Waals surface area contributed by atoms with Crippen LogP contribution in [-0.2, 0) is 6.42 Å². The summed E-state index contributed by atoms with van der Waals surface area (Å²) in [5.41, 5.74) is 3.20. The molecule has 1 saturated carbocycles. The zero-order valence-corrected chi connectivity index (χ0v) is 14.7. The average Bonchev–Trinajstić information content (AvgIpc) is 2.86. The number of nitrogens with one attached hydrogen (secondary N) is 3. The van der Waals surface area contributed by atoms with E-state index in [9.17, 15) is 5.11 Å². The summed E-state index contributed by atoms with van der Waals surface area (Å²) in [6, 6.07) is 8.42. The third-order valence-electron chi connectivity index (χ3n) is 4.85. The number of aryl methyl sites for hydroxylation is 1. The molecular weight excluding hydrogens is 300 g/mol. The molecule has 1 fully saturated rings. The molecule has 0 saturated heterocycles. The van der Waals surface area contributed by atoms with Crippen LogP contribution >= 0.6 is 0 Å². The van der Waals surface area contributed by atoms with Gasteiger partial charge < -0.3 is 20.7 Å².